The highest BCUT2D eigenvalue weighted by atomic mass is 16.6. The van der Waals surface area contributed by atoms with Gasteiger partial charge in [-0.05, 0) is 59.4 Å². The van der Waals surface area contributed by atoms with E-state index in [1.807, 2.05) is 29.2 Å². The minimum atomic E-state index is -0.420. The van der Waals surface area contributed by atoms with Gasteiger partial charge in [-0.25, -0.2) is 0 Å². The van der Waals surface area contributed by atoms with Crippen LogP contribution in [-0.2, 0) is 17.6 Å². The average Bonchev–Trinajstić information content (AvgIpc) is 3.16. The second-order valence-electron chi connectivity index (χ2n) is 6.80. The number of hydrogen-bond acceptors (Lipinski definition) is 4. The van der Waals surface area contributed by atoms with Crippen molar-refractivity contribution in [3.8, 4) is 11.1 Å². The quantitative estimate of drug-likeness (QED) is 0.497. The first-order valence-electron chi connectivity index (χ1n) is 9.19. The van der Waals surface area contributed by atoms with Crippen molar-refractivity contribution >= 4 is 17.3 Å². The van der Waals surface area contributed by atoms with E-state index in [0.29, 0.717) is 19.4 Å². The smallest absolute Gasteiger partial charge is 0.269 e. The fourth-order valence-corrected chi connectivity index (χ4v) is 3.56. The van der Waals surface area contributed by atoms with E-state index in [2.05, 4.69) is 11.1 Å². The molecule has 1 aliphatic rings. The molecule has 6 heteroatoms. The molecule has 0 unspecified atom stereocenters. The van der Waals surface area contributed by atoms with E-state index >= 15 is 0 Å². The van der Waals surface area contributed by atoms with Crippen LogP contribution in [0.5, 0.6) is 0 Å². The van der Waals surface area contributed by atoms with E-state index in [1.165, 1.54) is 17.7 Å². The largest absolute Gasteiger partial charge is 0.312 e. The summed E-state index contributed by atoms with van der Waals surface area (Å²) in [7, 11) is 0. The number of pyridine rings is 1. The van der Waals surface area contributed by atoms with Gasteiger partial charge in [-0.1, -0.05) is 18.2 Å². The van der Waals surface area contributed by atoms with Crippen molar-refractivity contribution in [1.29, 1.82) is 0 Å². The lowest BCUT2D eigenvalue weighted by atomic mass is 10.0. The number of nitro groups is 1. The van der Waals surface area contributed by atoms with Gasteiger partial charge < -0.3 is 4.90 Å². The minimum absolute atomic E-state index is 0.0635. The Morgan fingerprint density at radius 1 is 1.04 bits per heavy atom. The van der Waals surface area contributed by atoms with E-state index in [4.69, 9.17) is 0 Å². The lowest BCUT2D eigenvalue weighted by Crippen LogP contribution is -2.29. The highest BCUT2D eigenvalue weighted by Gasteiger charge is 2.24. The molecule has 2 aromatic carbocycles. The van der Waals surface area contributed by atoms with Crippen LogP contribution in [-0.4, -0.2) is 22.4 Å². The Morgan fingerprint density at radius 3 is 2.50 bits per heavy atom. The summed E-state index contributed by atoms with van der Waals surface area (Å²) in [6, 6.07) is 16.5. The van der Waals surface area contributed by atoms with Crippen molar-refractivity contribution in [3.63, 3.8) is 0 Å². The highest BCUT2D eigenvalue weighted by Crippen LogP contribution is 2.32. The molecule has 0 saturated heterocycles. The standard InChI is InChI=1S/C22H19N3O3/c26-22(8-3-16-1-5-20(6-2-16)25(27)28)24-14-11-19-15-18(4-7-21(19)24)17-9-12-23-13-10-17/h1-2,4-7,9-10,12-13,15H,3,8,11,14H2. The minimum Gasteiger partial charge on any atom is -0.312 e. The zero-order valence-corrected chi connectivity index (χ0v) is 15.2. The van der Waals surface area contributed by atoms with Crippen LogP contribution < -0.4 is 4.90 Å². The summed E-state index contributed by atoms with van der Waals surface area (Å²) in [5.41, 5.74) is 5.38. The lowest BCUT2D eigenvalue weighted by Gasteiger charge is -2.17. The fourth-order valence-electron chi connectivity index (χ4n) is 3.56. The van der Waals surface area contributed by atoms with E-state index in [0.717, 1.165) is 28.8 Å². The van der Waals surface area contributed by atoms with Crippen LogP contribution in [0.1, 0.15) is 17.5 Å². The summed E-state index contributed by atoms with van der Waals surface area (Å²) in [5, 5.41) is 10.7. The molecule has 3 aromatic rings. The van der Waals surface area contributed by atoms with Gasteiger partial charge in [0.05, 0.1) is 4.92 Å². The van der Waals surface area contributed by atoms with Gasteiger partial charge in [-0.2, -0.15) is 0 Å². The Hall–Kier alpha value is -3.54. The number of hydrogen-bond donors (Lipinski definition) is 0. The molecule has 0 atom stereocenters. The Labute approximate surface area is 162 Å². The maximum atomic E-state index is 12.7. The normalized spacial score (nSPS) is 12.6. The van der Waals surface area contributed by atoms with E-state index < -0.39 is 4.92 Å². The average molecular weight is 373 g/mol. The van der Waals surface area contributed by atoms with Crippen LogP contribution in [0.2, 0.25) is 0 Å². The van der Waals surface area contributed by atoms with Gasteiger partial charge in [-0.3, -0.25) is 19.9 Å². The molecule has 0 spiro atoms. The highest BCUT2D eigenvalue weighted by molar-refractivity contribution is 5.96. The fraction of sp³-hybridized carbons (Fsp3) is 0.182. The number of benzene rings is 2. The topological polar surface area (TPSA) is 76.3 Å². The van der Waals surface area contributed by atoms with Crippen LogP contribution in [0.3, 0.4) is 0 Å². The Morgan fingerprint density at radius 2 is 1.79 bits per heavy atom. The second-order valence-corrected chi connectivity index (χ2v) is 6.80. The number of aryl methyl sites for hydroxylation is 1. The number of aromatic nitrogens is 1. The van der Waals surface area contributed by atoms with Gasteiger partial charge in [-0.15, -0.1) is 0 Å². The molecule has 0 aliphatic carbocycles. The SMILES string of the molecule is O=C(CCc1ccc([N+](=O)[O-])cc1)N1CCc2cc(-c3ccncc3)ccc21. The third-order valence-corrected chi connectivity index (χ3v) is 5.06. The van der Waals surface area contributed by atoms with Crippen LogP contribution in [0.15, 0.2) is 67.0 Å². The molecular weight excluding hydrogens is 354 g/mol. The Balaban J connectivity index is 1.43. The molecule has 0 saturated carbocycles. The van der Waals surface area contributed by atoms with Gasteiger partial charge >= 0.3 is 0 Å². The van der Waals surface area contributed by atoms with Crippen LogP contribution in [0.4, 0.5) is 11.4 Å². The molecule has 1 aliphatic heterocycles. The van der Waals surface area contributed by atoms with Gasteiger partial charge in [0.25, 0.3) is 5.69 Å². The molecule has 28 heavy (non-hydrogen) atoms. The van der Waals surface area contributed by atoms with Crippen LogP contribution >= 0.6 is 0 Å². The van der Waals surface area contributed by atoms with Gasteiger partial charge in [0.1, 0.15) is 0 Å². The summed E-state index contributed by atoms with van der Waals surface area (Å²) in [6.45, 7) is 0.689. The van der Waals surface area contributed by atoms with E-state index in [-0.39, 0.29) is 11.6 Å². The third kappa shape index (κ3) is 3.62. The molecule has 4 rings (SSSR count). The zero-order chi connectivity index (χ0) is 19.5. The molecule has 1 amide bonds. The first-order valence-corrected chi connectivity index (χ1v) is 9.19. The summed E-state index contributed by atoms with van der Waals surface area (Å²) >= 11 is 0. The van der Waals surface area contributed by atoms with Gasteiger partial charge in [0.2, 0.25) is 5.91 Å². The number of anilines is 1. The molecule has 1 aromatic heterocycles. The number of rotatable bonds is 5. The summed E-state index contributed by atoms with van der Waals surface area (Å²) in [5.74, 6) is 0.0776. The molecule has 140 valence electrons. The number of nitrogens with zero attached hydrogens (tertiary/aromatic N) is 3. The molecule has 0 bridgehead atoms. The van der Waals surface area contributed by atoms with Crippen LogP contribution in [0, 0.1) is 10.1 Å². The summed E-state index contributed by atoms with van der Waals surface area (Å²) < 4.78 is 0. The third-order valence-electron chi connectivity index (χ3n) is 5.06. The summed E-state index contributed by atoms with van der Waals surface area (Å²) in [4.78, 5) is 28.9. The first-order chi connectivity index (χ1) is 13.6. The van der Waals surface area contributed by atoms with Crippen molar-refractivity contribution in [2.75, 3.05) is 11.4 Å². The second kappa shape index (κ2) is 7.60. The van der Waals surface area contributed by atoms with Crippen molar-refractivity contribution in [1.82, 2.24) is 4.98 Å². The molecule has 2 heterocycles. The van der Waals surface area contributed by atoms with E-state index in [9.17, 15) is 14.9 Å². The molecule has 0 fully saturated rings. The van der Waals surface area contributed by atoms with Crippen LogP contribution in [0.25, 0.3) is 11.1 Å². The Kier molecular flexibility index (Phi) is 4.85. The lowest BCUT2D eigenvalue weighted by molar-refractivity contribution is -0.384. The number of fused-ring (bicyclic) bond motifs is 1. The molecule has 6 nitrogen and oxygen atoms in total. The van der Waals surface area contributed by atoms with E-state index in [1.54, 1.807) is 24.5 Å². The number of amides is 1. The van der Waals surface area contributed by atoms with Crippen molar-refractivity contribution in [2.24, 2.45) is 0 Å². The molecule has 0 radical (unpaired) electrons. The maximum absolute atomic E-state index is 12.7. The van der Waals surface area contributed by atoms with Crippen molar-refractivity contribution in [3.05, 3.63) is 88.2 Å². The van der Waals surface area contributed by atoms with Crippen molar-refractivity contribution < 1.29 is 9.72 Å². The van der Waals surface area contributed by atoms with Gasteiger partial charge in [0.15, 0.2) is 0 Å². The van der Waals surface area contributed by atoms with Gasteiger partial charge in [0, 0.05) is 43.2 Å². The summed E-state index contributed by atoms with van der Waals surface area (Å²) in [6.07, 6.45) is 5.34. The first kappa shape index (κ1) is 17.9. The molecular formula is C22H19N3O3. The monoisotopic (exact) mass is 373 g/mol. The number of non-ortho nitro benzene ring substituents is 1. The number of carbonyl (C=O) groups excluding carboxylic acids is 1. The van der Waals surface area contributed by atoms with Crippen molar-refractivity contribution in [2.45, 2.75) is 19.3 Å². The predicted octanol–water partition coefficient (Wildman–Crippen LogP) is 4.18. The molecule has 0 N–H and O–H groups in total. The number of carbonyl (C=O) groups is 1. The zero-order valence-electron chi connectivity index (χ0n) is 15.2. The predicted molar refractivity (Wildman–Crippen MR) is 107 cm³/mol. The maximum Gasteiger partial charge on any atom is 0.269 e. The number of nitro benzene ring substituents is 1. The Bertz CT molecular complexity index is 1020.